The van der Waals surface area contributed by atoms with Crippen LogP contribution in [0, 0.1) is 13.8 Å². The summed E-state index contributed by atoms with van der Waals surface area (Å²) in [6.07, 6.45) is -0.721. The lowest BCUT2D eigenvalue weighted by Gasteiger charge is -2.19. The quantitative estimate of drug-likeness (QED) is 0.658. The molecule has 0 spiro atoms. The second-order valence-corrected chi connectivity index (χ2v) is 7.23. The maximum Gasteiger partial charge on any atom is 0.217 e. The minimum absolute atomic E-state index is 0.120. The molecule has 1 aromatic heterocycles. The predicted octanol–water partition coefficient (Wildman–Crippen LogP) is 3.29. The highest BCUT2D eigenvalue weighted by atomic mass is 16.5. The summed E-state index contributed by atoms with van der Waals surface area (Å²) in [4.78, 5) is 16.1. The normalized spacial score (nSPS) is 13.3. The van der Waals surface area contributed by atoms with Crippen molar-refractivity contribution < 1.29 is 14.6 Å². The molecule has 1 heterocycles. The summed E-state index contributed by atoms with van der Waals surface area (Å²) in [5.41, 5.74) is 3.89. The summed E-state index contributed by atoms with van der Waals surface area (Å²) in [6.45, 7) is 7.86. The summed E-state index contributed by atoms with van der Waals surface area (Å²) >= 11 is 0. The number of aliphatic hydroxyl groups excluding tert-OH is 1. The lowest BCUT2D eigenvalue weighted by molar-refractivity contribution is -0.119. The molecule has 6 heteroatoms. The summed E-state index contributed by atoms with van der Waals surface area (Å²) in [7, 11) is 0. The van der Waals surface area contributed by atoms with Gasteiger partial charge >= 0.3 is 0 Å². The number of fused-ring (bicyclic) bond motifs is 1. The molecule has 28 heavy (non-hydrogen) atoms. The van der Waals surface area contributed by atoms with E-state index in [1.54, 1.807) is 0 Å². The Morgan fingerprint density at radius 2 is 2.00 bits per heavy atom. The fraction of sp³-hybridized carbons (Fsp3) is 0.364. The zero-order valence-corrected chi connectivity index (χ0v) is 16.8. The molecule has 1 amide bonds. The standard InChI is InChI=1S/C22H27N3O3/c1-14-9-10-15(2)21(11-14)28-13-18(27)12-25-20-8-6-5-7-19(20)24-22(25)16(3)23-17(4)26/h5-11,16,18,27H,12-13H2,1-4H3,(H,23,26)/t16-,18-/m0/s1. The van der Waals surface area contributed by atoms with Crippen LogP contribution in [0.15, 0.2) is 42.5 Å². The van der Waals surface area contributed by atoms with E-state index in [4.69, 9.17) is 4.74 Å². The molecule has 0 aliphatic rings. The summed E-state index contributed by atoms with van der Waals surface area (Å²) in [5, 5.41) is 13.5. The highest BCUT2D eigenvalue weighted by molar-refractivity contribution is 5.77. The third-order valence-corrected chi connectivity index (χ3v) is 4.66. The van der Waals surface area contributed by atoms with E-state index in [2.05, 4.69) is 10.3 Å². The molecule has 0 bridgehead atoms. The maximum absolute atomic E-state index is 11.5. The van der Waals surface area contributed by atoms with Gasteiger partial charge < -0.3 is 19.7 Å². The zero-order valence-electron chi connectivity index (χ0n) is 16.8. The monoisotopic (exact) mass is 381 g/mol. The van der Waals surface area contributed by atoms with E-state index >= 15 is 0 Å². The second-order valence-electron chi connectivity index (χ2n) is 7.23. The number of amides is 1. The lowest BCUT2D eigenvalue weighted by atomic mass is 10.1. The van der Waals surface area contributed by atoms with Crippen molar-refractivity contribution >= 4 is 16.9 Å². The fourth-order valence-corrected chi connectivity index (χ4v) is 3.30. The minimum atomic E-state index is -0.721. The van der Waals surface area contributed by atoms with Gasteiger partial charge in [-0.15, -0.1) is 0 Å². The number of rotatable bonds is 7. The van der Waals surface area contributed by atoms with Crippen molar-refractivity contribution in [1.29, 1.82) is 0 Å². The van der Waals surface area contributed by atoms with Crippen LogP contribution in [0.25, 0.3) is 11.0 Å². The number of hydrogen-bond acceptors (Lipinski definition) is 4. The number of para-hydroxylation sites is 2. The molecule has 6 nitrogen and oxygen atoms in total. The first kappa shape index (κ1) is 19.9. The van der Waals surface area contributed by atoms with Gasteiger partial charge in [0, 0.05) is 6.92 Å². The molecule has 0 aliphatic carbocycles. The summed E-state index contributed by atoms with van der Waals surface area (Å²) in [6, 6.07) is 13.5. The van der Waals surface area contributed by atoms with E-state index in [9.17, 15) is 9.90 Å². The molecule has 148 valence electrons. The zero-order chi connectivity index (χ0) is 20.3. The first-order chi connectivity index (χ1) is 13.3. The van der Waals surface area contributed by atoms with Crippen LogP contribution in [-0.4, -0.2) is 33.3 Å². The van der Waals surface area contributed by atoms with E-state index in [1.807, 2.05) is 67.8 Å². The van der Waals surface area contributed by atoms with E-state index in [1.165, 1.54) is 6.92 Å². The van der Waals surface area contributed by atoms with Gasteiger partial charge in [0.2, 0.25) is 5.91 Å². The third-order valence-electron chi connectivity index (χ3n) is 4.66. The molecule has 0 saturated heterocycles. The number of ether oxygens (including phenoxy) is 1. The van der Waals surface area contributed by atoms with E-state index < -0.39 is 6.10 Å². The number of aryl methyl sites for hydroxylation is 2. The fourth-order valence-electron chi connectivity index (χ4n) is 3.30. The average Bonchev–Trinajstić information content (AvgIpc) is 3.01. The molecule has 2 aromatic carbocycles. The van der Waals surface area contributed by atoms with Crippen LogP contribution in [0.1, 0.15) is 36.8 Å². The Hall–Kier alpha value is -2.86. The smallest absolute Gasteiger partial charge is 0.217 e. The van der Waals surface area contributed by atoms with Gasteiger partial charge in [0.05, 0.1) is 23.6 Å². The van der Waals surface area contributed by atoms with E-state index in [0.717, 1.165) is 27.9 Å². The number of imidazole rings is 1. The van der Waals surface area contributed by atoms with E-state index in [-0.39, 0.29) is 18.6 Å². The molecule has 0 aliphatic heterocycles. The average molecular weight is 381 g/mol. The summed E-state index contributed by atoms with van der Waals surface area (Å²) in [5.74, 6) is 1.37. The molecule has 0 fully saturated rings. The number of aliphatic hydroxyl groups is 1. The minimum Gasteiger partial charge on any atom is -0.491 e. The van der Waals surface area contributed by atoms with Crippen molar-refractivity contribution in [2.45, 2.75) is 46.4 Å². The Kier molecular flexibility index (Phi) is 5.99. The third kappa shape index (κ3) is 4.51. The Morgan fingerprint density at radius 3 is 2.75 bits per heavy atom. The lowest BCUT2D eigenvalue weighted by Crippen LogP contribution is -2.29. The molecule has 0 unspecified atom stereocenters. The van der Waals surface area contributed by atoms with Crippen molar-refractivity contribution in [3.05, 3.63) is 59.4 Å². The van der Waals surface area contributed by atoms with Gasteiger partial charge in [0.15, 0.2) is 0 Å². The topological polar surface area (TPSA) is 76.4 Å². The highest BCUT2D eigenvalue weighted by Gasteiger charge is 2.19. The van der Waals surface area contributed by atoms with Gasteiger partial charge in [-0.05, 0) is 50.1 Å². The Balaban J connectivity index is 1.80. The molecular formula is C22H27N3O3. The van der Waals surface area contributed by atoms with Crippen LogP contribution in [-0.2, 0) is 11.3 Å². The van der Waals surface area contributed by atoms with Crippen LogP contribution >= 0.6 is 0 Å². The SMILES string of the molecule is CC(=O)N[C@@H](C)c1nc2ccccc2n1C[C@H](O)COc1cc(C)ccc1C. The van der Waals surface area contributed by atoms with Crippen molar-refractivity contribution in [3.63, 3.8) is 0 Å². The van der Waals surface area contributed by atoms with E-state index in [0.29, 0.717) is 12.4 Å². The van der Waals surface area contributed by atoms with Crippen molar-refractivity contribution in [2.24, 2.45) is 0 Å². The van der Waals surface area contributed by atoms with Crippen molar-refractivity contribution in [2.75, 3.05) is 6.61 Å². The summed E-state index contributed by atoms with van der Waals surface area (Å²) < 4.78 is 7.80. The maximum atomic E-state index is 11.5. The number of carbonyl (C=O) groups excluding carboxylic acids is 1. The molecule has 2 N–H and O–H groups in total. The van der Waals surface area contributed by atoms with Gasteiger partial charge in [-0.3, -0.25) is 4.79 Å². The highest BCUT2D eigenvalue weighted by Crippen LogP contribution is 2.22. The Bertz CT molecular complexity index is 980. The molecular weight excluding hydrogens is 354 g/mol. The van der Waals surface area contributed by atoms with Crippen molar-refractivity contribution in [1.82, 2.24) is 14.9 Å². The Labute approximate surface area is 165 Å². The van der Waals surface area contributed by atoms with Crippen LogP contribution in [0.3, 0.4) is 0 Å². The van der Waals surface area contributed by atoms with Gasteiger partial charge in [0.25, 0.3) is 0 Å². The van der Waals surface area contributed by atoms with Crippen molar-refractivity contribution in [3.8, 4) is 5.75 Å². The molecule has 0 radical (unpaired) electrons. The first-order valence-electron chi connectivity index (χ1n) is 9.45. The van der Waals surface area contributed by atoms with Crippen LogP contribution in [0.5, 0.6) is 5.75 Å². The van der Waals surface area contributed by atoms with Gasteiger partial charge in [-0.25, -0.2) is 4.98 Å². The first-order valence-corrected chi connectivity index (χ1v) is 9.45. The van der Waals surface area contributed by atoms with Gasteiger partial charge in [0.1, 0.15) is 24.3 Å². The Morgan fingerprint density at radius 1 is 1.25 bits per heavy atom. The largest absolute Gasteiger partial charge is 0.491 e. The van der Waals surface area contributed by atoms with Crippen LogP contribution in [0.4, 0.5) is 0 Å². The van der Waals surface area contributed by atoms with Crippen LogP contribution < -0.4 is 10.1 Å². The number of benzene rings is 2. The number of carbonyl (C=O) groups is 1. The van der Waals surface area contributed by atoms with Gasteiger partial charge in [-0.1, -0.05) is 24.3 Å². The predicted molar refractivity (Wildman–Crippen MR) is 109 cm³/mol. The second kappa shape index (κ2) is 8.44. The van der Waals surface area contributed by atoms with Gasteiger partial charge in [-0.2, -0.15) is 0 Å². The number of hydrogen-bond donors (Lipinski definition) is 2. The number of nitrogens with zero attached hydrogens (tertiary/aromatic N) is 2. The molecule has 0 saturated carbocycles. The number of aromatic nitrogens is 2. The molecule has 3 rings (SSSR count). The van der Waals surface area contributed by atoms with Crippen LogP contribution in [0.2, 0.25) is 0 Å². The molecule has 3 aromatic rings. The molecule has 2 atom stereocenters. The number of nitrogens with one attached hydrogen (secondary N) is 1.